The summed E-state index contributed by atoms with van der Waals surface area (Å²) in [6.07, 6.45) is 0. The molecule has 3 heteroatoms. The van der Waals surface area contributed by atoms with E-state index in [1.54, 1.807) is 0 Å². The number of quaternary nitrogens is 1. The van der Waals surface area contributed by atoms with Gasteiger partial charge in [0.15, 0.2) is 0 Å². The molecule has 0 unspecified atom stereocenters. The van der Waals surface area contributed by atoms with Gasteiger partial charge in [-0.05, 0) is 0 Å². The molecule has 0 radical (unpaired) electrons. The Kier molecular flexibility index (Phi) is 6.03. The Balaban J connectivity index is 0. The van der Waals surface area contributed by atoms with E-state index >= 15 is 0 Å². The lowest BCUT2D eigenvalue weighted by atomic mass is 10.5. The maximum atomic E-state index is 8.39. The van der Waals surface area contributed by atoms with Crippen molar-refractivity contribution in [3.05, 3.63) is 0 Å². The van der Waals surface area contributed by atoms with Crippen LogP contribution in [0.15, 0.2) is 0 Å². The van der Waals surface area contributed by atoms with Crippen LogP contribution in [0.5, 0.6) is 0 Å². The Morgan fingerprint density at radius 2 is 1.62 bits per heavy atom. The fourth-order valence-electron chi connectivity index (χ4n) is 0.300. The molecule has 8 heavy (non-hydrogen) atoms. The average molecular weight is 185 g/mol. The molecule has 0 aliphatic rings. The first-order chi connectivity index (χ1) is 3.06. The minimum Gasteiger partial charge on any atom is -0.391 e. The Morgan fingerprint density at radius 3 is 1.62 bits per heavy atom. The quantitative estimate of drug-likeness (QED) is 0.612. The molecule has 1 N–H and O–H groups in total. The topological polar surface area (TPSA) is 20.2 Å². The highest BCUT2D eigenvalue weighted by atomic mass is 79.9. The van der Waals surface area contributed by atoms with Crippen LogP contribution in [0.4, 0.5) is 0 Å². The summed E-state index contributed by atoms with van der Waals surface area (Å²) >= 11 is 0. The molecule has 0 aromatic rings. The molecule has 0 aromatic carbocycles. The number of rotatable bonds is 2. The van der Waals surface area contributed by atoms with Crippen LogP contribution in [0, 0.1) is 0 Å². The molecular weight excluding hydrogens is 170 g/mol. The zero-order chi connectivity index (χ0) is 5.91. The fourth-order valence-corrected chi connectivity index (χ4v) is 0.300. The minimum absolute atomic E-state index is 0. The third kappa shape index (κ3) is 9.64. The van der Waals surface area contributed by atoms with Gasteiger partial charge in [0.2, 0.25) is 0 Å². The molecule has 0 atom stereocenters. The van der Waals surface area contributed by atoms with Crippen molar-refractivity contribution >= 4 is 17.0 Å². The summed E-state index contributed by atoms with van der Waals surface area (Å²) in [6.45, 7) is 1.11. The van der Waals surface area contributed by atoms with E-state index in [-0.39, 0.29) is 23.6 Å². The molecule has 0 aliphatic carbocycles. The number of nitrogens with zero attached hydrogens (tertiary/aromatic N) is 1. The Morgan fingerprint density at radius 1 is 1.25 bits per heavy atom. The van der Waals surface area contributed by atoms with Gasteiger partial charge < -0.3 is 9.59 Å². The number of likely N-dealkylation sites (N-methyl/N-ethyl adjacent to an activating group) is 1. The van der Waals surface area contributed by atoms with Gasteiger partial charge in [0.25, 0.3) is 0 Å². The smallest absolute Gasteiger partial charge is 0.101 e. The molecule has 0 amide bonds. The fraction of sp³-hybridized carbons (Fsp3) is 1.00. The van der Waals surface area contributed by atoms with Crippen molar-refractivity contribution in [2.75, 3.05) is 34.3 Å². The van der Waals surface area contributed by atoms with Gasteiger partial charge in [0.1, 0.15) is 6.54 Å². The second-order valence-corrected chi connectivity index (χ2v) is 2.74. The normalized spacial score (nSPS) is 10.5. The van der Waals surface area contributed by atoms with E-state index in [1.165, 1.54) is 0 Å². The molecule has 0 saturated heterocycles. The number of hydrogen-bond donors (Lipinski definition) is 1. The lowest BCUT2D eigenvalue weighted by Gasteiger charge is -2.21. The number of aliphatic hydroxyl groups is 1. The van der Waals surface area contributed by atoms with E-state index in [2.05, 4.69) is 21.1 Å². The molecule has 0 aromatic heterocycles. The predicted octanol–water partition coefficient (Wildman–Crippen LogP) is 0.263. The van der Waals surface area contributed by atoms with Crippen LogP contribution in [0.2, 0.25) is 0 Å². The molecule has 0 aliphatic heterocycles. The largest absolute Gasteiger partial charge is 0.391 e. The van der Waals surface area contributed by atoms with E-state index in [0.29, 0.717) is 0 Å². The monoisotopic (exact) mass is 184 g/mol. The zero-order valence-electron chi connectivity index (χ0n) is 5.72. The molecular formula is C5H15BrNO+. The SMILES string of the molecule is Br.C[N+](C)(C)CCO. The van der Waals surface area contributed by atoms with E-state index in [1.807, 2.05) is 0 Å². The van der Waals surface area contributed by atoms with E-state index in [0.717, 1.165) is 11.0 Å². The van der Waals surface area contributed by atoms with Gasteiger partial charge in [0.05, 0.1) is 27.7 Å². The summed E-state index contributed by atoms with van der Waals surface area (Å²) in [5, 5.41) is 8.39. The molecule has 0 fully saturated rings. The van der Waals surface area contributed by atoms with Gasteiger partial charge in [-0.15, -0.1) is 17.0 Å². The van der Waals surface area contributed by atoms with Crippen molar-refractivity contribution < 1.29 is 9.59 Å². The highest BCUT2D eigenvalue weighted by molar-refractivity contribution is 8.93. The molecule has 0 spiro atoms. The van der Waals surface area contributed by atoms with E-state index in [4.69, 9.17) is 5.11 Å². The minimum atomic E-state index is 0. The Hall–Kier alpha value is 0.400. The van der Waals surface area contributed by atoms with E-state index in [9.17, 15) is 0 Å². The number of hydrogen-bond acceptors (Lipinski definition) is 1. The van der Waals surface area contributed by atoms with Crippen molar-refractivity contribution in [2.24, 2.45) is 0 Å². The van der Waals surface area contributed by atoms with Gasteiger partial charge in [-0.25, -0.2) is 0 Å². The molecule has 0 rings (SSSR count). The molecule has 0 saturated carbocycles. The van der Waals surface area contributed by atoms with Crippen molar-refractivity contribution in [1.29, 1.82) is 0 Å². The van der Waals surface area contributed by atoms with Crippen molar-refractivity contribution in [3.63, 3.8) is 0 Å². The van der Waals surface area contributed by atoms with Crippen molar-refractivity contribution in [2.45, 2.75) is 0 Å². The van der Waals surface area contributed by atoms with Crippen LogP contribution in [0.25, 0.3) is 0 Å². The van der Waals surface area contributed by atoms with Crippen molar-refractivity contribution in [3.8, 4) is 0 Å². The molecule has 0 bridgehead atoms. The first-order valence-corrected chi connectivity index (χ1v) is 2.47. The summed E-state index contributed by atoms with van der Waals surface area (Å²) < 4.78 is 0.844. The maximum absolute atomic E-state index is 8.39. The third-order valence-corrected chi connectivity index (χ3v) is 0.771. The van der Waals surface area contributed by atoms with Crippen LogP contribution in [-0.4, -0.2) is 43.9 Å². The highest BCUT2D eigenvalue weighted by Crippen LogP contribution is 1.84. The van der Waals surface area contributed by atoms with Crippen LogP contribution < -0.4 is 0 Å². The Labute approximate surface area is 61.5 Å². The number of aliphatic hydroxyl groups excluding tert-OH is 1. The summed E-state index contributed by atoms with van der Waals surface area (Å²) in [5.41, 5.74) is 0. The van der Waals surface area contributed by atoms with Gasteiger partial charge >= 0.3 is 0 Å². The molecule has 2 nitrogen and oxygen atoms in total. The Bertz CT molecular complexity index is 50.9. The standard InChI is InChI=1S/C5H14NO.BrH/c1-6(2,3)4-5-7;/h7H,4-5H2,1-3H3;1H/q+1;. The van der Waals surface area contributed by atoms with Crippen molar-refractivity contribution in [1.82, 2.24) is 0 Å². The van der Waals surface area contributed by atoms with Crippen LogP contribution in [0.1, 0.15) is 0 Å². The lowest BCUT2D eigenvalue weighted by molar-refractivity contribution is -0.870. The maximum Gasteiger partial charge on any atom is 0.101 e. The summed E-state index contributed by atoms with van der Waals surface area (Å²) in [7, 11) is 6.16. The van der Waals surface area contributed by atoms with Gasteiger partial charge in [-0.1, -0.05) is 0 Å². The van der Waals surface area contributed by atoms with Gasteiger partial charge in [-0.2, -0.15) is 0 Å². The summed E-state index contributed by atoms with van der Waals surface area (Å²) in [5.74, 6) is 0. The van der Waals surface area contributed by atoms with Gasteiger partial charge in [0, 0.05) is 0 Å². The summed E-state index contributed by atoms with van der Waals surface area (Å²) in [4.78, 5) is 0. The average Bonchev–Trinajstić information content (AvgIpc) is 1.30. The second-order valence-electron chi connectivity index (χ2n) is 2.74. The second kappa shape index (κ2) is 4.30. The predicted molar refractivity (Wildman–Crippen MR) is 40.3 cm³/mol. The van der Waals surface area contributed by atoms with Crippen LogP contribution >= 0.6 is 17.0 Å². The first-order valence-electron chi connectivity index (χ1n) is 2.47. The molecule has 0 heterocycles. The third-order valence-electron chi connectivity index (χ3n) is 0.771. The number of halogens is 1. The lowest BCUT2D eigenvalue weighted by Crippen LogP contribution is -2.36. The highest BCUT2D eigenvalue weighted by Gasteiger charge is 2.02. The van der Waals surface area contributed by atoms with Crippen LogP contribution in [0.3, 0.4) is 0 Å². The van der Waals surface area contributed by atoms with Gasteiger partial charge in [-0.3, -0.25) is 0 Å². The summed E-state index contributed by atoms with van der Waals surface area (Å²) in [6, 6.07) is 0. The molecule has 52 valence electrons. The first kappa shape index (κ1) is 11.2. The zero-order valence-corrected chi connectivity index (χ0v) is 7.43. The van der Waals surface area contributed by atoms with Crippen LogP contribution in [-0.2, 0) is 0 Å². The van der Waals surface area contributed by atoms with E-state index < -0.39 is 0 Å².